The standard InChI is InChI=1S/C57H35N5S/c1-3-15-36(16-4-1)38-29-31-45-46-32-30-39(37-17-5-2-6-18-37)35-51(46)62(50(45)34-38)57-59-55(58-56(60-57)61-48-25-10-7-21-43(48)44-22-8-11-26-49(44)61)41-20-13-19-40(33-41)42-24-14-28-53-54(42)47-23-9-12-27-52(47)63-53/h1-35H. The molecule has 0 aliphatic heterocycles. The molecule has 0 aliphatic carbocycles. The van der Waals surface area contributed by atoms with Crippen LogP contribution >= 0.6 is 11.3 Å². The molecule has 0 atom stereocenters. The van der Waals surface area contributed by atoms with Crippen LogP contribution in [0, 0.1) is 0 Å². The average molecular weight is 822 g/mol. The minimum absolute atomic E-state index is 0.545. The Morgan fingerprint density at radius 2 is 0.778 bits per heavy atom. The Labute approximate surface area is 366 Å². The van der Waals surface area contributed by atoms with Gasteiger partial charge >= 0.3 is 0 Å². The Hall–Kier alpha value is -8.19. The summed E-state index contributed by atoms with van der Waals surface area (Å²) in [5.74, 6) is 1.69. The molecule has 0 aliphatic rings. The molecule has 13 rings (SSSR count). The highest BCUT2D eigenvalue weighted by Gasteiger charge is 2.22. The molecular formula is C57H35N5S. The molecule has 0 bridgehead atoms. The summed E-state index contributed by atoms with van der Waals surface area (Å²) in [6, 6.07) is 75.6. The fourth-order valence-electron chi connectivity index (χ4n) is 9.52. The Bertz CT molecular complexity index is 3770. The monoisotopic (exact) mass is 821 g/mol. The molecule has 13 aromatic rings. The van der Waals surface area contributed by atoms with Crippen LogP contribution in [0.4, 0.5) is 0 Å². The predicted molar refractivity (Wildman–Crippen MR) is 263 cm³/mol. The minimum atomic E-state index is 0.545. The van der Waals surface area contributed by atoms with Gasteiger partial charge in [0.2, 0.25) is 11.9 Å². The van der Waals surface area contributed by atoms with Gasteiger partial charge < -0.3 is 0 Å². The number of aromatic nitrogens is 5. The van der Waals surface area contributed by atoms with Crippen molar-refractivity contribution in [3.63, 3.8) is 0 Å². The van der Waals surface area contributed by atoms with Gasteiger partial charge in [-0.2, -0.15) is 15.0 Å². The topological polar surface area (TPSA) is 48.5 Å². The first kappa shape index (κ1) is 35.6. The van der Waals surface area contributed by atoms with Gasteiger partial charge in [-0.05, 0) is 75.8 Å². The third-order valence-electron chi connectivity index (χ3n) is 12.4. The summed E-state index contributed by atoms with van der Waals surface area (Å²) in [4.78, 5) is 16.4. The number of hydrogen-bond donors (Lipinski definition) is 0. The molecule has 4 heterocycles. The van der Waals surface area contributed by atoms with Crippen LogP contribution < -0.4 is 0 Å². The van der Waals surface area contributed by atoms with Gasteiger partial charge in [0.25, 0.3) is 0 Å². The lowest BCUT2D eigenvalue weighted by Crippen LogP contribution is -2.10. The van der Waals surface area contributed by atoms with Crippen molar-refractivity contribution in [3.05, 3.63) is 212 Å². The maximum atomic E-state index is 5.50. The van der Waals surface area contributed by atoms with Gasteiger partial charge in [-0.15, -0.1) is 11.3 Å². The smallest absolute Gasteiger partial charge is 0.240 e. The molecule has 6 heteroatoms. The van der Waals surface area contributed by atoms with E-state index in [0.717, 1.165) is 77.0 Å². The van der Waals surface area contributed by atoms with E-state index >= 15 is 0 Å². The molecule has 0 saturated carbocycles. The van der Waals surface area contributed by atoms with E-state index in [1.807, 2.05) is 11.3 Å². The van der Waals surface area contributed by atoms with Crippen molar-refractivity contribution in [3.8, 4) is 56.7 Å². The van der Waals surface area contributed by atoms with Crippen LogP contribution in [-0.2, 0) is 0 Å². The molecule has 294 valence electrons. The molecule has 0 saturated heterocycles. The highest BCUT2D eigenvalue weighted by Crippen LogP contribution is 2.42. The van der Waals surface area contributed by atoms with Crippen LogP contribution in [0.15, 0.2) is 212 Å². The molecule has 0 fully saturated rings. The highest BCUT2D eigenvalue weighted by molar-refractivity contribution is 7.25. The molecule has 0 amide bonds. The Kier molecular flexibility index (Phi) is 8.01. The van der Waals surface area contributed by atoms with Crippen LogP contribution in [0.2, 0.25) is 0 Å². The number of fused-ring (bicyclic) bond motifs is 9. The lowest BCUT2D eigenvalue weighted by atomic mass is 9.98. The quantitative estimate of drug-likeness (QED) is 0.168. The third kappa shape index (κ3) is 5.73. The van der Waals surface area contributed by atoms with Crippen LogP contribution in [0.25, 0.3) is 120 Å². The van der Waals surface area contributed by atoms with Gasteiger partial charge in [0.15, 0.2) is 5.82 Å². The molecule has 63 heavy (non-hydrogen) atoms. The first-order valence-electron chi connectivity index (χ1n) is 21.2. The van der Waals surface area contributed by atoms with E-state index in [4.69, 9.17) is 15.0 Å². The Morgan fingerprint density at radius 3 is 1.41 bits per heavy atom. The van der Waals surface area contributed by atoms with Crippen LogP contribution in [-0.4, -0.2) is 24.1 Å². The average Bonchev–Trinajstić information content (AvgIpc) is 4.02. The van der Waals surface area contributed by atoms with Gasteiger partial charge in [-0.1, -0.05) is 170 Å². The Morgan fingerprint density at radius 1 is 0.302 bits per heavy atom. The second-order valence-electron chi connectivity index (χ2n) is 16.0. The van der Waals surface area contributed by atoms with Crippen molar-refractivity contribution in [2.45, 2.75) is 0 Å². The first-order valence-corrected chi connectivity index (χ1v) is 22.0. The molecule has 0 unspecified atom stereocenters. The van der Waals surface area contributed by atoms with E-state index in [9.17, 15) is 0 Å². The normalized spacial score (nSPS) is 11.8. The highest BCUT2D eigenvalue weighted by atomic mass is 32.1. The molecular weight excluding hydrogens is 787 g/mol. The zero-order chi connectivity index (χ0) is 41.4. The molecule has 0 radical (unpaired) electrons. The maximum Gasteiger partial charge on any atom is 0.240 e. The van der Waals surface area contributed by atoms with Crippen molar-refractivity contribution in [2.75, 3.05) is 0 Å². The van der Waals surface area contributed by atoms with Crippen molar-refractivity contribution in [1.29, 1.82) is 0 Å². The summed E-state index contributed by atoms with van der Waals surface area (Å²) in [5.41, 5.74) is 11.8. The zero-order valence-corrected chi connectivity index (χ0v) is 34.7. The summed E-state index contributed by atoms with van der Waals surface area (Å²) in [7, 11) is 0. The number of thiophene rings is 1. The first-order chi connectivity index (χ1) is 31.2. The molecule has 0 spiro atoms. The number of benzene rings is 9. The SMILES string of the molecule is c1ccc(-c2ccc3c4ccc(-c5ccccc5)cc4n(-c4nc(-c5cccc(-c6cccc7sc8ccccc8c67)c5)nc(-n5c6ccccc6c6ccccc65)n4)c3c2)cc1. The summed E-state index contributed by atoms with van der Waals surface area (Å²) >= 11 is 1.84. The van der Waals surface area contributed by atoms with Crippen molar-refractivity contribution in [1.82, 2.24) is 24.1 Å². The van der Waals surface area contributed by atoms with E-state index in [2.05, 4.69) is 221 Å². The van der Waals surface area contributed by atoms with Crippen molar-refractivity contribution in [2.24, 2.45) is 0 Å². The minimum Gasteiger partial charge on any atom is -0.278 e. The summed E-state index contributed by atoms with van der Waals surface area (Å²) < 4.78 is 6.99. The van der Waals surface area contributed by atoms with Crippen LogP contribution in [0.1, 0.15) is 0 Å². The van der Waals surface area contributed by atoms with E-state index < -0.39 is 0 Å². The van der Waals surface area contributed by atoms with Gasteiger partial charge in [0.05, 0.1) is 22.1 Å². The zero-order valence-electron chi connectivity index (χ0n) is 33.9. The van der Waals surface area contributed by atoms with Gasteiger partial charge in [-0.3, -0.25) is 9.13 Å². The van der Waals surface area contributed by atoms with E-state index in [-0.39, 0.29) is 0 Å². The largest absolute Gasteiger partial charge is 0.278 e. The van der Waals surface area contributed by atoms with Crippen LogP contribution in [0.3, 0.4) is 0 Å². The lowest BCUT2D eigenvalue weighted by molar-refractivity contribution is 0.893. The number of rotatable bonds is 6. The number of para-hydroxylation sites is 2. The maximum absolute atomic E-state index is 5.50. The van der Waals surface area contributed by atoms with E-state index in [1.165, 1.54) is 25.7 Å². The van der Waals surface area contributed by atoms with Gasteiger partial charge in [-0.25, -0.2) is 0 Å². The molecule has 4 aromatic heterocycles. The second kappa shape index (κ2) is 14.2. The Balaban J connectivity index is 1.11. The van der Waals surface area contributed by atoms with Gasteiger partial charge in [0, 0.05) is 47.3 Å². The summed E-state index contributed by atoms with van der Waals surface area (Å²) in [6.07, 6.45) is 0. The van der Waals surface area contributed by atoms with E-state index in [1.54, 1.807) is 0 Å². The van der Waals surface area contributed by atoms with Crippen molar-refractivity contribution < 1.29 is 0 Å². The number of hydrogen-bond acceptors (Lipinski definition) is 4. The summed E-state index contributed by atoms with van der Waals surface area (Å²) in [5, 5.41) is 7.08. The summed E-state index contributed by atoms with van der Waals surface area (Å²) in [6.45, 7) is 0. The second-order valence-corrected chi connectivity index (χ2v) is 17.1. The fraction of sp³-hybridized carbons (Fsp3) is 0. The van der Waals surface area contributed by atoms with E-state index in [0.29, 0.717) is 17.7 Å². The third-order valence-corrected chi connectivity index (χ3v) is 13.5. The predicted octanol–water partition coefficient (Wildman–Crippen LogP) is 15.1. The molecule has 0 N–H and O–H groups in total. The lowest BCUT2D eigenvalue weighted by Gasteiger charge is -2.14. The molecule has 5 nitrogen and oxygen atoms in total. The van der Waals surface area contributed by atoms with Gasteiger partial charge in [0.1, 0.15) is 0 Å². The fourth-order valence-corrected chi connectivity index (χ4v) is 10.6. The molecule has 9 aromatic carbocycles. The van der Waals surface area contributed by atoms with Crippen LogP contribution in [0.5, 0.6) is 0 Å². The number of nitrogens with zero attached hydrogens (tertiary/aromatic N) is 5. The van der Waals surface area contributed by atoms with Crippen molar-refractivity contribution >= 4 is 75.1 Å².